The Labute approximate surface area is 86.6 Å². The number of rotatable bonds is 5. The average Bonchev–Trinajstić information content (AvgIpc) is 2.15. The number of aliphatic hydroxyl groups excluding tert-OH is 1. The topological polar surface area (TPSA) is 46.0 Å². The summed E-state index contributed by atoms with van der Waals surface area (Å²) in [7, 11) is 0. The van der Waals surface area contributed by atoms with E-state index in [4.69, 9.17) is 16.7 Å². The molecule has 0 radical (unpaired) electrons. The van der Waals surface area contributed by atoms with Crippen molar-refractivity contribution in [1.29, 1.82) is 0 Å². The normalized spacial score (nSPS) is 10.3. The molecule has 3 nitrogen and oxygen atoms in total. The van der Waals surface area contributed by atoms with Crippen molar-refractivity contribution >= 4 is 23.4 Å². The Kier molecular flexibility index (Phi) is 5.12. The van der Waals surface area contributed by atoms with Gasteiger partial charge in [-0.25, -0.2) is 4.98 Å². The van der Waals surface area contributed by atoms with Gasteiger partial charge in [0, 0.05) is 12.4 Å². The summed E-state index contributed by atoms with van der Waals surface area (Å²) >= 11 is 7.31. The molecule has 1 aromatic heterocycles. The summed E-state index contributed by atoms with van der Waals surface area (Å²) in [4.78, 5) is 8.02. The van der Waals surface area contributed by atoms with Gasteiger partial charge in [-0.05, 0) is 12.2 Å². The quantitative estimate of drug-likeness (QED) is 0.765. The number of aromatic nitrogens is 2. The smallest absolute Gasteiger partial charge is 0.147 e. The maximum atomic E-state index is 8.54. The lowest BCUT2D eigenvalue weighted by molar-refractivity contribution is 0.296. The molecule has 1 N–H and O–H groups in total. The summed E-state index contributed by atoms with van der Waals surface area (Å²) < 4.78 is 0. The van der Waals surface area contributed by atoms with Crippen LogP contribution in [-0.4, -0.2) is 27.4 Å². The first-order chi connectivity index (χ1) is 6.33. The third-order valence-electron chi connectivity index (χ3n) is 1.37. The summed E-state index contributed by atoms with van der Waals surface area (Å²) in [6, 6.07) is 0. The van der Waals surface area contributed by atoms with Crippen LogP contribution in [0.4, 0.5) is 0 Å². The van der Waals surface area contributed by atoms with E-state index in [9.17, 15) is 0 Å². The summed E-state index contributed by atoms with van der Waals surface area (Å²) in [5.74, 6) is 1.77. The van der Waals surface area contributed by atoms with Crippen LogP contribution in [0.5, 0.6) is 0 Å². The molecule has 5 heteroatoms. The zero-order chi connectivity index (χ0) is 9.52. The predicted octanol–water partition coefficient (Wildman–Crippen LogP) is 1.75. The Balaban J connectivity index is 2.25. The molecule has 0 aliphatic carbocycles. The molecule has 0 amide bonds. The molecule has 0 saturated carbocycles. The Morgan fingerprint density at radius 2 is 2.23 bits per heavy atom. The van der Waals surface area contributed by atoms with Crippen molar-refractivity contribution in [2.45, 2.75) is 12.2 Å². The van der Waals surface area contributed by atoms with Crippen LogP contribution < -0.4 is 0 Å². The van der Waals surface area contributed by atoms with Crippen molar-refractivity contribution in [2.24, 2.45) is 0 Å². The van der Waals surface area contributed by atoms with Gasteiger partial charge in [-0.2, -0.15) is 11.8 Å². The number of nitrogens with zero attached hydrogens (tertiary/aromatic N) is 2. The van der Waals surface area contributed by atoms with Gasteiger partial charge in [-0.15, -0.1) is 0 Å². The van der Waals surface area contributed by atoms with Crippen molar-refractivity contribution in [2.75, 3.05) is 12.4 Å². The second kappa shape index (κ2) is 6.18. The fraction of sp³-hybridized carbons (Fsp3) is 0.500. The molecule has 0 aliphatic rings. The Hall–Kier alpha value is -0.320. The third kappa shape index (κ3) is 4.45. The highest BCUT2D eigenvalue weighted by Crippen LogP contribution is 2.11. The summed E-state index contributed by atoms with van der Waals surface area (Å²) in [6.07, 6.45) is 4.05. The fourth-order valence-corrected chi connectivity index (χ4v) is 1.69. The van der Waals surface area contributed by atoms with E-state index in [-0.39, 0.29) is 6.61 Å². The summed E-state index contributed by atoms with van der Waals surface area (Å²) in [6.45, 7) is 0.249. The third-order valence-corrected chi connectivity index (χ3v) is 2.64. The van der Waals surface area contributed by atoms with Crippen molar-refractivity contribution in [1.82, 2.24) is 9.97 Å². The Bertz CT molecular complexity index is 242. The van der Waals surface area contributed by atoms with E-state index in [1.165, 1.54) is 0 Å². The molecule has 13 heavy (non-hydrogen) atoms. The van der Waals surface area contributed by atoms with Gasteiger partial charge in [0.05, 0.1) is 18.1 Å². The lowest BCUT2D eigenvalue weighted by atomic mass is 10.5. The van der Waals surface area contributed by atoms with Crippen LogP contribution >= 0.6 is 23.4 Å². The number of halogens is 1. The molecule has 0 aliphatic heterocycles. The van der Waals surface area contributed by atoms with E-state index in [0.717, 1.165) is 23.6 Å². The second-order valence-electron chi connectivity index (χ2n) is 2.46. The first kappa shape index (κ1) is 10.8. The van der Waals surface area contributed by atoms with Gasteiger partial charge in [0.1, 0.15) is 5.15 Å². The number of aliphatic hydroxyl groups is 1. The Morgan fingerprint density at radius 3 is 2.85 bits per heavy atom. The van der Waals surface area contributed by atoms with Gasteiger partial charge in [0.25, 0.3) is 0 Å². The van der Waals surface area contributed by atoms with E-state index in [1.54, 1.807) is 24.2 Å². The highest BCUT2D eigenvalue weighted by atomic mass is 35.5. The number of hydrogen-bond donors (Lipinski definition) is 1. The van der Waals surface area contributed by atoms with Gasteiger partial charge in [0.15, 0.2) is 0 Å². The van der Waals surface area contributed by atoms with Gasteiger partial charge in [0.2, 0.25) is 0 Å². The van der Waals surface area contributed by atoms with Crippen molar-refractivity contribution < 1.29 is 5.11 Å². The van der Waals surface area contributed by atoms with E-state index in [1.807, 2.05) is 0 Å². The minimum Gasteiger partial charge on any atom is -0.396 e. The number of thioether (sulfide) groups is 1. The zero-order valence-corrected chi connectivity index (χ0v) is 8.68. The van der Waals surface area contributed by atoms with Gasteiger partial charge >= 0.3 is 0 Å². The lowest BCUT2D eigenvalue weighted by Gasteiger charge is -1.99. The molecule has 0 saturated heterocycles. The SMILES string of the molecule is OCCCSCc1cnc(Cl)cn1. The fourth-order valence-electron chi connectivity index (χ4n) is 0.757. The van der Waals surface area contributed by atoms with Crippen LogP contribution in [0.2, 0.25) is 5.15 Å². The zero-order valence-electron chi connectivity index (χ0n) is 7.11. The molecule has 0 atom stereocenters. The molecule has 1 rings (SSSR count). The average molecular weight is 219 g/mol. The van der Waals surface area contributed by atoms with Crippen LogP contribution in [-0.2, 0) is 5.75 Å². The highest BCUT2D eigenvalue weighted by Gasteiger charge is 1.95. The minimum atomic E-state index is 0.249. The molecule has 72 valence electrons. The molecular weight excluding hydrogens is 208 g/mol. The molecule has 0 unspecified atom stereocenters. The molecule has 0 spiro atoms. The van der Waals surface area contributed by atoms with Crippen LogP contribution in [0.3, 0.4) is 0 Å². The van der Waals surface area contributed by atoms with Crippen molar-refractivity contribution in [3.8, 4) is 0 Å². The predicted molar refractivity (Wildman–Crippen MR) is 54.9 cm³/mol. The Morgan fingerprint density at radius 1 is 1.38 bits per heavy atom. The van der Waals surface area contributed by atoms with E-state index >= 15 is 0 Å². The summed E-state index contributed by atoms with van der Waals surface area (Å²) in [5.41, 5.74) is 0.923. The molecular formula is C8H11ClN2OS. The van der Waals surface area contributed by atoms with Crippen LogP contribution in [0, 0.1) is 0 Å². The molecule has 1 heterocycles. The molecule has 0 bridgehead atoms. The highest BCUT2D eigenvalue weighted by molar-refractivity contribution is 7.98. The molecule has 1 aromatic rings. The largest absolute Gasteiger partial charge is 0.396 e. The van der Waals surface area contributed by atoms with Crippen molar-refractivity contribution in [3.05, 3.63) is 23.2 Å². The maximum Gasteiger partial charge on any atom is 0.147 e. The summed E-state index contributed by atoms with van der Waals surface area (Å²) in [5, 5.41) is 8.96. The van der Waals surface area contributed by atoms with E-state index < -0.39 is 0 Å². The minimum absolute atomic E-state index is 0.249. The van der Waals surface area contributed by atoms with Gasteiger partial charge in [-0.3, -0.25) is 4.98 Å². The number of hydrogen-bond acceptors (Lipinski definition) is 4. The second-order valence-corrected chi connectivity index (χ2v) is 3.95. The molecule has 0 fully saturated rings. The maximum absolute atomic E-state index is 8.54. The monoisotopic (exact) mass is 218 g/mol. The first-order valence-corrected chi connectivity index (χ1v) is 5.51. The van der Waals surface area contributed by atoms with E-state index in [0.29, 0.717) is 5.15 Å². The van der Waals surface area contributed by atoms with Crippen molar-refractivity contribution in [3.63, 3.8) is 0 Å². The van der Waals surface area contributed by atoms with Crippen LogP contribution in [0.1, 0.15) is 12.1 Å². The van der Waals surface area contributed by atoms with Crippen LogP contribution in [0.15, 0.2) is 12.4 Å². The standard InChI is InChI=1S/C8H11ClN2OS/c9-8-5-10-7(4-11-8)6-13-3-1-2-12/h4-5,12H,1-3,6H2. The van der Waals surface area contributed by atoms with Gasteiger partial charge < -0.3 is 5.11 Å². The molecule has 0 aromatic carbocycles. The van der Waals surface area contributed by atoms with Crippen LogP contribution in [0.25, 0.3) is 0 Å². The first-order valence-electron chi connectivity index (χ1n) is 3.98. The lowest BCUT2D eigenvalue weighted by Crippen LogP contribution is -1.91. The van der Waals surface area contributed by atoms with Gasteiger partial charge in [-0.1, -0.05) is 11.6 Å². The van der Waals surface area contributed by atoms with E-state index in [2.05, 4.69) is 9.97 Å².